The zero-order valence-corrected chi connectivity index (χ0v) is 11.5. The summed E-state index contributed by atoms with van der Waals surface area (Å²) in [5.74, 6) is -0.900. The molecule has 0 bridgehead atoms. The van der Waals surface area contributed by atoms with Crippen molar-refractivity contribution >= 4 is 5.97 Å². The fourth-order valence-electron chi connectivity index (χ4n) is 1.42. The Labute approximate surface area is 103 Å². The molecule has 1 aromatic rings. The van der Waals surface area contributed by atoms with Gasteiger partial charge < -0.3 is 5.11 Å². The third kappa shape index (κ3) is 3.29. The monoisotopic (exact) mass is 235 g/mol. The Hall–Kier alpha value is -1.38. The second-order valence-electron chi connectivity index (χ2n) is 6.43. The predicted octanol–water partition coefficient (Wildman–Crippen LogP) is 3.37. The molecule has 0 spiro atoms. The van der Waals surface area contributed by atoms with Gasteiger partial charge in [0.1, 0.15) is 0 Å². The summed E-state index contributed by atoms with van der Waals surface area (Å²) in [5, 5.41) is 9.14. The minimum atomic E-state index is -0.900. The molecule has 0 saturated carbocycles. The summed E-state index contributed by atoms with van der Waals surface area (Å²) in [4.78, 5) is 15.7. The van der Waals surface area contributed by atoms with Crippen LogP contribution < -0.4 is 0 Å². The highest BCUT2D eigenvalue weighted by atomic mass is 16.4. The first-order chi connectivity index (χ1) is 7.51. The normalized spacial score (nSPS) is 12.6. The van der Waals surface area contributed by atoms with Gasteiger partial charge in [0.15, 0.2) is 0 Å². The molecule has 0 aliphatic carbocycles. The van der Waals surface area contributed by atoms with Crippen LogP contribution in [0.1, 0.15) is 63.3 Å². The van der Waals surface area contributed by atoms with Gasteiger partial charge in [0.25, 0.3) is 0 Å². The molecule has 0 aromatic carbocycles. The number of aromatic nitrogens is 1. The number of nitrogens with zero attached hydrogens (tertiary/aromatic N) is 1. The van der Waals surface area contributed by atoms with Gasteiger partial charge in [-0.1, -0.05) is 41.5 Å². The molecule has 3 nitrogen and oxygen atoms in total. The molecule has 0 atom stereocenters. The molecule has 17 heavy (non-hydrogen) atoms. The minimum Gasteiger partial charge on any atom is -0.478 e. The Morgan fingerprint density at radius 2 is 1.35 bits per heavy atom. The molecule has 0 radical (unpaired) electrons. The van der Waals surface area contributed by atoms with Crippen molar-refractivity contribution in [1.29, 1.82) is 0 Å². The van der Waals surface area contributed by atoms with Gasteiger partial charge in [-0.2, -0.15) is 0 Å². The molecule has 0 unspecified atom stereocenters. The van der Waals surface area contributed by atoms with Crippen molar-refractivity contribution < 1.29 is 9.90 Å². The maximum absolute atomic E-state index is 11.1. The summed E-state index contributed by atoms with van der Waals surface area (Å²) >= 11 is 0. The lowest BCUT2D eigenvalue weighted by molar-refractivity contribution is 0.0696. The average Bonchev–Trinajstić information content (AvgIpc) is 2.14. The minimum absolute atomic E-state index is 0.147. The van der Waals surface area contributed by atoms with E-state index in [0.29, 0.717) is 5.56 Å². The summed E-state index contributed by atoms with van der Waals surface area (Å²) in [6, 6.07) is 3.33. The Morgan fingerprint density at radius 3 is 1.59 bits per heavy atom. The molecule has 0 aliphatic heterocycles. The summed E-state index contributed by atoms with van der Waals surface area (Å²) in [7, 11) is 0. The first-order valence-electron chi connectivity index (χ1n) is 5.78. The number of carboxylic acid groups (broad SMARTS) is 1. The highest BCUT2D eigenvalue weighted by molar-refractivity contribution is 5.87. The third-order valence-electron chi connectivity index (χ3n) is 2.61. The molecule has 1 N–H and O–H groups in total. The molecule has 1 rings (SSSR count). The quantitative estimate of drug-likeness (QED) is 0.811. The lowest BCUT2D eigenvalue weighted by Gasteiger charge is -2.24. The van der Waals surface area contributed by atoms with E-state index in [-0.39, 0.29) is 10.8 Å². The van der Waals surface area contributed by atoms with E-state index in [2.05, 4.69) is 4.98 Å². The zero-order valence-electron chi connectivity index (χ0n) is 11.5. The molecule has 0 amide bonds. The molecule has 94 valence electrons. The van der Waals surface area contributed by atoms with Crippen LogP contribution in [0, 0.1) is 0 Å². The maximum atomic E-state index is 11.1. The van der Waals surface area contributed by atoms with Crippen LogP contribution in [0.5, 0.6) is 0 Å². The molecule has 3 heteroatoms. The second-order valence-corrected chi connectivity index (χ2v) is 6.43. The highest BCUT2D eigenvalue weighted by Crippen LogP contribution is 2.27. The van der Waals surface area contributed by atoms with Crippen LogP contribution in [-0.2, 0) is 10.8 Å². The van der Waals surface area contributed by atoms with Crippen molar-refractivity contribution in [3.05, 3.63) is 29.1 Å². The van der Waals surface area contributed by atoms with Crippen molar-refractivity contribution in [2.45, 2.75) is 52.4 Å². The smallest absolute Gasteiger partial charge is 0.335 e. The summed E-state index contributed by atoms with van der Waals surface area (Å²) in [6.07, 6.45) is 0. The van der Waals surface area contributed by atoms with Gasteiger partial charge >= 0.3 is 5.97 Å². The number of hydrogen-bond donors (Lipinski definition) is 1. The highest BCUT2D eigenvalue weighted by Gasteiger charge is 2.23. The van der Waals surface area contributed by atoms with E-state index in [1.165, 1.54) is 0 Å². The summed E-state index contributed by atoms with van der Waals surface area (Å²) < 4.78 is 0. The van der Waals surface area contributed by atoms with Crippen LogP contribution >= 0.6 is 0 Å². The fraction of sp³-hybridized carbons (Fsp3) is 0.571. The molecular formula is C14H21NO2. The lowest BCUT2D eigenvalue weighted by Crippen LogP contribution is -2.21. The summed E-state index contributed by atoms with van der Waals surface area (Å²) in [5.41, 5.74) is 1.66. The Balaban J connectivity index is 3.45. The van der Waals surface area contributed by atoms with Crippen LogP contribution in [0.25, 0.3) is 0 Å². The lowest BCUT2D eigenvalue weighted by atomic mass is 9.86. The first kappa shape index (κ1) is 13.7. The van der Waals surface area contributed by atoms with Gasteiger partial charge in [-0.15, -0.1) is 0 Å². The number of pyridine rings is 1. The molecule has 0 saturated heterocycles. The van der Waals surface area contributed by atoms with E-state index in [0.717, 1.165) is 11.4 Å². The van der Waals surface area contributed by atoms with E-state index in [1.54, 1.807) is 12.1 Å². The van der Waals surface area contributed by atoms with E-state index in [9.17, 15) is 4.79 Å². The molecular weight excluding hydrogens is 214 g/mol. The van der Waals surface area contributed by atoms with Crippen molar-refractivity contribution in [3.63, 3.8) is 0 Å². The van der Waals surface area contributed by atoms with E-state index >= 15 is 0 Å². The van der Waals surface area contributed by atoms with Gasteiger partial charge in [-0.3, -0.25) is 4.98 Å². The molecule has 1 aromatic heterocycles. The summed E-state index contributed by atoms with van der Waals surface area (Å²) in [6.45, 7) is 12.2. The van der Waals surface area contributed by atoms with Gasteiger partial charge in [0, 0.05) is 22.2 Å². The molecule has 0 aliphatic rings. The molecule has 0 fully saturated rings. The standard InChI is InChI=1S/C14H21NO2/c1-13(2,3)10-7-9(12(16)17)8-11(15-10)14(4,5)6/h7-8H,1-6H3,(H,16,17). The predicted molar refractivity (Wildman–Crippen MR) is 68.6 cm³/mol. The van der Waals surface area contributed by atoms with Gasteiger partial charge in [-0.25, -0.2) is 4.79 Å². The number of hydrogen-bond acceptors (Lipinski definition) is 2. The maximum Gasteiger partial charge on any atom is 0.335 e. The van der Waals surface area contributed by atoms with Gasteiger partial charge in [-0.05, 0) is 12.1 Å². The van der Waals surface area contributed by atoms with Crippen LogP contribution in [0.2, 0.25) is 0 Å². The number of aromatic carboxylic acids is 1. The fourth-order valence-corrected chi connectivity index (χ4v) is 1.42. The Bertz CT molecular complexity index is 404. The van der Waals surface area contributed by atoms with Crippen molar-refractivity contribution in [3.8, 4) is 0 Å². The Morgan fingerprint density at radius 1 is 1.00 bits per heavy atom. The van der Waals surface area contributed by atoms with Crippen LogP contribution in [0.3, 0.4) is 0 Å². The van der Waals surface area contributed by atoms with E-state index < -0.39 is 5.97 Å². The SMILES string of the molecule is CC(C)(C)c1cc(C(=O)O)cc(C(C)(C)C)n1. The van der Waals surface area contributed by atoms with E-state index in [1.807, 2.05) is 41.5 Å². The van der Waals surface area contributed by atoms with Crippen LogP contribution in [-0.4, -0.2) is 16.1 Å². The van der Waals surface area contributed by atoms with Crippen LogP contribution in [0.15, 0.2) is 12.1 Å². The van der Waals surface area contributed by atoms with Gasteiger partial charge in [0.2, 0.25) is 0 Å². The van der Waals surface area contributed by atoms with Crippen molar-refractivity contribution in [2.24, 2.45) is 0 Å². The van der Waals surface area contributed by atoms with Crippen molar-refractivity contribution in [2.75, 3.05) is 0 Å². The van der Waals surface area contributed by atoms with Crippen molar-refractivity contribution in [1.82, 2.24) is 4.98 Å². The van der Waals surface area contributed by atoms with Gasteiger partial charge in [0.05, 0.1) is 5.56 Å². The van der Waals surface area contributed by atoms with Crippen LogP contribution in [0.4, 0.5) is 0 Å². The number of carboxylic acids is 1. The average molecular weight is 235 g/mol. The zero-order chi connectivity index (χ0) is 13.4. The Kier molecular flexibility index (Phi) is 3.33. The number of carbonyl (C=O) groups is 1. The number of rotatable bonds is 1. The van der Waals surface area contributed by atoms with E-state index in [4.69, 9.17) is 5.11 Å². The first-order valence-corrected chi connectivity index (χ1v) is 5.78. The second kappa shape index (κ2) is 4.13. The third-order valence-corrected chi connectivity index (χ3v) is 2.61. The molecule has 1 heterocycles. The largest absolute Gasteiger partial charge is 0.478 e. The topological polar surface area (TPSA) is 50.2 Å².